The monoisotopic (exact) mass is 168 g/mol. The van der Waals surface area contributed by atoms with Crippen LogP contribution in [0.1, 0.15) is 47.0 Å². The molecule has 0 aliphatic rings. The van der Waals surface area contributed by atoms with E-state index in [1.807, 2.05) is 0 Å². The molecule has 0 aliphatic heterocycles. The molecule has 0 radical (unpaired) electrons. The number of rotatable bonds is 4. The molecule has 1 atom stereocenters. The van der Waals surface area contributed by atoms with E-state index in [0.29, 0.717) is 0 Å². The molecular formula is C11H20O. The SMILES string of the molecule is CC#C[C@H](O)C(C)(C)CCCC. The molecule has 0 aromatic heterocycles. The van der Waals surface area contributed by atoms with E-state index in [2.05, 4.69) is 32.6 Å². The van der Waals surface area contributed by atoms with E-state index in [1.165, 1.54) is 6.42 Å². The molecule has 12 heavy (non-hydrogen) atoms. The molecule has 0 rings (SSSR count). The topological polar surface area (TPSA) is 20.2 Å². The Kier molecular flexibility index (Phi) is 5.01. The van der Waals surface area contributed by atoms with Gasteiger partial charge in [-0.3, -0.25) is 0 Å². The zero-order valence-electron chi connectivity index (χ0n) is 8.65. The normalized spacial score (nSPS) is 13.4. The van der Waals surface area contributed by atoms with Crippen LogP contribution in [0.4, 0.5) is 0 Å². The van der Waals surface area contributed by atoms with Crippen molar-refractivity contribution in [3.63, 3.8) is 0 Å². The van der Waals surface area contributed by atoms with E-state index in [1.54, 1.807) is 6.92 Å². The van der Waals surface area contributed by atoms with Gasteiger partial charge in [0.2, 0.25) is 0 Å². The van der Waals surface area contributed by atoms with Crippen molar-refractivity contribution in [2.75, 3.05) is 0 Å². The van der Waals surface area contributed by atoms with Crippen LogP contribution in [-0.4, -0.2) is 11.2 Å². The molecule has 70 valence electrons. The Bertz CT molecular complexity index is 171. The van der Waals surface area contributed by atoms with Crippen molar-refractivity contribution in [2.24, 2.45) is 5.41 Å². The van der Waals surface area contributed by atoms with E-state index in [9.17, 15) is 5.11 Å². The van der Waals surface area contributed by atoms with Gasteiger partial charge in [-0.05, 0) is 13.3 Å². The molecule has 0 amide bonds. The number of aliphatic hydroxyl groups is 1. The Morgan fingerprint density at radius 2 is 2.00 bits per heavy atom. The molecule has 1 N–H and O–H groups in total. The first-order chi connectivity index (χ1) is 5.54. The predicted octanol–water partition coefficient (Wildman–Crippen LogP) is 2.59. The zero-order valence-corrected chi connectivity index (χ0v) is 8.65. The molecule has 0 aliphatic carbocycles. The summed E-state index contributed by atoms with van der Waals surface area (Å²) in [5, 5.41) is 9.63. The summed E-state index contributed by atoms with van der Waals surface area (Å²) in [5.41, 5.74) is -0.0565. The average molecular weight is 168 g/mol. The zero-order chi connectivity index (χ0) is 9.61. The van der Waals surface area contributed by atoms with Crippen molar-refractivity contribution < 1.29 is 5.11 Å². The summed E-state index contributed by atoms with van der Waals surface area (Å²) < 4.78 is 0. The van der Waals surface area contributed by atoms with Crippen LogP contribution in [0.15, 0.2) is 0 Å². The molecule has 1 nitrogen and oxygen atoms in total. The minimum Gasteiger partial charge on any atom is -0.380 e. The standard InChI is InChI=1S/C11H20O/c1-5-7-9-11(3,4)10(12)8-6-2/h10,12H,5,7,9H2,1-4H3/t10-/m0/s1. The summed E-state index contributed by atoms with van der Waals surface area (Å²) in [6.07, 6.45) is 2.90. The summed E-state index contributed by atoms with van der Waals surface area (Å²) in [6.45, 7) is 8.06. The maximum atomic E-state index is 9.63. The van der Waals surface area contributed by atoms with Crippen LogP contribution in [0.3, 0.4) is 0 Å². The van der Waals surface area contributed by atoms with Crippen molar-refractivity contribution in [3.05, 3.63) is 0 Å². The van der Waals surface area contributed by atoms with Crippen molar-refractivity contribution >= 4 is 0 Å². The van der Waals surface area contributed by atoms with Crippen LogP contribution in [0.2, 0.25) is 0 Å². The first-order valence-electron chi connectivity index (χ1n) is 4.65. The van der Waals surface area contributed by atoms with Gasteiger partial charge in [-0.1, -0.05) is 39.5 Å². The van der Waals surface area contributed by atoms with Gasteiger partial charge in [0.25, 0.3) is 0 Å². The predicted molar refractivity (Wildman–Crippen MR) is 52.8 cm³/mol. The van der Waals surface area contributed by atoms with Crippen molar-refractivity contribution in [2.45, 2.75) is 53.1 Å². The smallest absolute Gasteiger partial charge is 0.119 e. The Morgan fingerprint density at radius 1 is 1.42 bits per heavy atom. The Balaban J connectivity index is 4.05. The summed E-state index contributed by atoms with van der Waals surface area (Å²) >= 11 is 0. The van der Waals surface area contributed by atoms with Gasteiger partial charge >= 0.3 is 0 Å². The lowest BCUT2D eigenvalue weighted by Crippen LogP contribution is -2.27. The summed E-state index contributed by atoms with van der Waals surface area (Å²) in [6, 6.07) is 0. The van der Waals surface area contributed by atoms with Crippen LogP contribution in [0, 0.1) is 17.3 Å². The highest BCUT2D eigenvalue weighted by molar-refractivity contribution is 5.06. The minimum atomic E-state index is -0.478. The molecule has 0 heterocycles. The quantitative estimate of drug-likeness (QED) is 0.640. The van der Waals surface area contributed by atoms with Gasteiger partial charge in [0, 0.05) is 5.41 Å². The van der Waals surface area contributed by atoms with Crippen LogP contribution in [0.25, 0.3) is 0 Å². The summed E-state index contributed by atoms with van der Waals surface area (Å²) in [4.78, 5) is 0. The van der Waals surface area contributed by atoms with Crippen LogP contribution in [0.5, 0.6) is 0 Å². The Morgan fingerprint density at radius 3 is 2.42 bits per heavy atom. The molecule has 0 bridgehead atoms. The van der Waals surface area contributed by atoms with Gasteiger partial charge in [0.1, 0.15) is 6.10 Å². The van der Waals surface area contributed by atoms with Crippen LogP contribution in [-0.2, 0) is 0 Å². The minimum absolute atomic E-state index is 0.0565. The second kappa shape index (κ2) is 5.22. The summed E-state index contributed by atoms with van der Waals surface area (Å²) in [7, 11) is 0. The second-order valence-corrected chi connectivity index (χ2v) is 3.89. The van der Waals surface area contributed by atoms with Gasteiger partial charge in [-0.15, -0.1) is 5.92 Å². The van der Waals surface area contributed by atoms with Crippen LogP contribution < -0.4 is 0 Å². The number of hydrogen-bond acceptors (Lipinski definition) is 1. The first kappa shape index (κ1) is 11.5. The average Bonchev–Trinajstić information content (AvgIpc) is 2.01. The lowest BCUT2D eigenvalue weighted by Gasteiger charge is -2.26. The maximum Gasteiger partial charge on any atom is 0.119 e. The fourth-order valence-corrected chi connectivity index (χ4v) is 1.10. The lowest BCUT2D eigenvalue weighted by molar-refractivity contribution is 0.0893. The van der Waals surface area contributed by atoms with Crippen molar-refractivity contribution in [1.29, 1.82) is 0 Å². The largest absolute Gasteiger partial charge is 0.380 e. The van der Waals surface area contributed by atoms with Gasteiger partial charge < -0.3 is 5.11 Å². The third-order valence-electron chi connectivity index (χ3n) is 2.20. The Hall–Kier alpha value is -0.480. The lowest BCUT2D eigenvalue weighted by atomic mass is 9.82. The van der Waals surface area contributed by atoms with Crippen molar-refractivity contribution in [1.82, 2.24) is 0 Å². The van der Waals surface area contributed by atoms with E-state index in [4.69, 9.17) is 0 Å². The van der Waals surface area contributed by atoms with E-state index in [-0.39, 0.29) is 5.41 Å². The molecular weight excluding hydrogens is 148 g/mol. The van der Waals surface area contributed by atoms with Crippen molar-refractivity contribution in [3.8, 4) is 11.8 Å². The molecule has 0 saturated heterocycles. The molecule has 0 aromatic rings. The third-order valence-corrected chi connectivity index (χ3v) is 2.20. The van der Waals surface area contributed by atoms with Crippen LogP contribution >= 0.6 is 0 Å². The Labute approximate surface area is 76.2 Å². The number of aliphatic hydroxyl groups excluding tert-OH is 1. The molecule has 0 saturated carbocycles. The maximum absolute atomic E-state index is 9.63. The highest BCUT2D eigenvalue weighted by atomic mass is 16.3. The third kappa shape index (κ3) is 3.78. The van der Waals surface area contributed by atoms with Gasteiger partial charge in [0.15, 0.2) is 0 Å². The second-order valence-electron chi connectivity index (χ2n) is 3.89. The fourth-order valence-electron chi connectivity index (χ4n) is 1.10. The van der Waals surface area contributed by atoms with E-state index < -0.39 is 6.10 Å². The van der Waals surface area contributed by atoms with E-state index >= 15 is 0 Å². The highest BCUT2D eigenvalue weighted by Crippen LogP contribution is 2.27. The molecule has 0 aromatic carbocycles. The first-order valence-corrected chi connectivity index (χ1v) is 4.65. The fraction of sp³-hybridized carbons (Fsp3) is 0.818. The van der Waals surface area contributed by atoms with Gasteiger partial charge in [-0.2, -0.15) is 0 Å². The molecule has 0 spiro atoms. The number of unbranched alkanes of at least 4 members (excludes halogenated alkanes) is 1. The summed E-state index contributed by atoms with van der Waals surface area (Å²) in [5.74, 6) is 5.55. The van der Waals surface area contributed by atoms with E-state index in [0.717, 1.165) is 12.8 Å². The van der Waals surface area contributed by atoms with Gasteiger partial charge in [-0.25, -0.2) is 0 Å². The molecule has 1 heteroatoms. The molecule has 0 unspecified atom stereocenters. The highest BCUT2D eigenvalue weighted by Gasteiger charge is 2.25. The van der Waals surface area contributed by atoms with Gasteiger partial charge in [0.05, 0.1) is 0 Å². The number of hydrogen-bond donors (Lipinski definition) is 1. The molecule has 0 fully saturated rings.